The largest absolute Gasteiger partial charge is 0.340 e. The number of aromatic nitrogens is 2. The zero-order chi connectivity index (χ0) is 19.1. The summed E-state index contributed by atoms with van der Waals surface area (Å²) >= 11 is 1.51. The van der Waals surface area contributed by atoms with Crippen LogP contribution in [0.1, 0.15) is 39.6 Å². The number of carbonyl (C=O) groups excluding carboxylic acids is 1. The van der Waals surface area contributed by atoms with E-state index < -0.39 is 0 Å². The van der Waals surface area contributed by atoms with Gasteiger partial charge in [-0.1, -0.05) is 36.4 Å². The first-order valence-corrected chi connectivity index (χ1v) is 10.5. The summed E-state index contributed by atoms with van der Waals surface area (Å²) in [4.78, 5) is 25.4. The van der Waals surface area contributed by atoms with E-state index in [4.69, 9.17) is 4.98 Å². The molecule has 0 saturated carbocycles. The first kappa shape index (κ1) is 17.5. The van der Waals surface area contributed by atoms with Crippen LogP contribution in [0.2, 0.25) is 0 Å². The Bertz CT molecular complexity index is 1020. The molecule has 0 aliphatic carbocycles. The maximum Gasteiger partial charge on any atom is 0.264 e. The Kier molecular flexibility index (Phi) is 4.25. The molecule has 1 aromatic carbocycles. The summed E-state index contributed by atoms with van der Waals surface area (Å²) in [5.74, 6) is 0.0310. The lowest BCUT2D eigenvalue weighted by molar-refractivity contribution is 0.0852. The van der Waals surface area contributed by atoms with Crippen molar-refractivity contribution < 1.29 is 4.79 Å². The van der Waals surface area contributed by atoms with Crippen molar-refractivity contribution in [1.82, 2.24) is 20.2 Å². The van der Waals surface area contributed by atoms with Crippen molar-refractivity contribution in [3.8, 4) is 10.6 Å². The zero-order valence-corrected chi connectivity index (χ0v) is 16.6. The maximum atomic E-state index is 12.6. The van der Waals surface area contributed by atoms with Crippen LogP contribution < -0.4 is 5.32 Å². The molecule has 5 nitrogen and oxygen atoms in total. The average Bonchev–Trinajstić information content (AvgIpc) is 3.25. The summed E-state index contributed by atoms with van der Waals surface area (Å²) in [5.41, 5.74) is 3.87. The predicted octanol–water partition coefficient (Wildman–Crippen LogP) is 3.75. The number of piperidine rings is 1. The van der Waals surface area contributed by atoms with Crippen molar-refractivity contribution in [3.63, 3.8) is 0 Å². The quantitative estimate of drug-likeness (QED) is 0.740. The second kappa shape index (κ2) is 6.79. The normalized spacial score (nSPS) is 18.2. The fourth-order valence-electron chi connectivity index (χ4n) is 4.21. The van der Waals surface area contributed by atoms with Gasteiger partial charge >= 0.3 is 0 Å². The van der Waals surface area contributed by atoms with Crippen molar-refractivity contribution in [2.24, 2.45) is 0 Å². The summed E-state index contributed by atoms with van der Waals surface area (Å²) < 4.78 is 0. The fraction of sp³-hybridized carbons (Fsp3) is 0.318. The number of rotatable bonds is 3. The van der Waals surface area contributed by atoms with Gasteiger partial charge in [-0.3, -0.25) is 14.7 Å². The van der Waals surface area contributed by atoms with E-state index in [0.29, 0.717) is 0 Å². The summed E-state index contributed by atoms with van der Waals surface area (Å²) in [5, 5.41) is 4.19. The van der Waals surface area contributed by atoms with Crippen LogP contribution in [0.25, 0.3) is 10.6 Å². The van der Waals surface area contributed by atoms with Crippen LogP contribution >= 0.6 is 11.3 Å². The second-order valence-electron chi connectivity index (χ2n) is 7.65. The van der Waals surface area contributed by atoms with Crippen molar-refractivity contribution in [1.29, 1.82) is 0 Å². The number of hydrogen-bond acceptors (Lipinski definition) is 5. The van der Waals surface area contributed by atoms with Gasteiger partial charge in [0, 0.05) is 30.9 Å². The smallest absolute Gasteiger partial charge is 0.264 e. The monoisotopic (exact) mass is 390 g/mol. The van der Waals surface area contributed by atoms with E-state index >= 15 is 0 Å². The molecular formula is C22H22N4OS. The van der Waals surface area contributed by atoms with E-state index in [1.807, 2.05) is 31.2 Å². The summed E-state index contributed by atoms with van der Waals surface area (Å²) in [6.07, 6.45) is 1.77. The molecule has 1 spiro atoms. The van der Waals surface area contributed by atoms with E-state index in [1.165, 1.54) is 11.3 Å². The van der Waals surface area contributed by atoms with Gasteiger partial charge in [0.15, 0.2) is 0 Å². The van der Waals surface area contributed by atoms with E-state index in [0.717, 1.165) is 65.0 Å². The molecule has 0 bridgehead atoms. The van der Waals surface area contributed by atoms with E-state index in [-0.39, 0.29) is 11.4 Å². The number of aryl methyl sites for hydroxylation is 1. The predicted molar refractivity (Wildman–Crippen MR) is 110 cm³/mol. The highest BCUT2D eigenvalue weighted by atomic mass is 32.1. The van der Waals surface area contributed by atoms with Gasteiger partial charge in [-0.25, -0.2) is 4.98 Å². The Morgan fingerprint density at radius 2 is 1.86 bits per heavy atom. The van der Waals surface area contributed by atoms with Gasteiger partial charge in [0.1, 0.15) is 9.88 Å². The van der Waals surface area contributed by atoms with Gasteiger partial charge in [-0.15, -0.1) is 11.3 Å². The summed E-state index contributed by atoms with van der Waals surface area (Å²) in [6.45, 7) is 4.73. The van der Waals surface area contributed by atoms with Gasteiger partial charge in [0.05, 0.1) is 16.9 Å². The van der Waals surface area contributed by atoms with E-state index in [9.17, 15) is 4.79 Å². The lowest BCUT2D eigenvalue weighted by Crippen LogP contribution is -2.49. The lowest BCUT2D eigenvalue weighted by Gasteiger charge is -2.38. The number of nitrogens with zero attached hydrogens (tertiary/aromatic N) is 3. The minimum absolute atomic E-state index is 0.0310. The van der Waals surface area contributed by atoms with Gasteiger partial charge < -0.3 is 5.32 Å². The minimum atomic E-state index is -0.313. The first-order chi connectivity index (χ1) is 13.6. The minimum Gasteiger partial charge on any atom is -0.340 e. The number of nitrogens with one attached hydrogen (secondary N) is 1. The summed E-state index contributed by atoms with van der Waals surface area (Å²) in [6, 6.07) is 16.3. The molecule has 2 aliphatic rings. The Morgan fingerprint density at radius 1 is 1.07 bits per heavy atom. The van der Waals surface area contributed by atoms with E-state index in [2.05, 4.69) is 39.5 Å². The molecule has 1 saturated heterocycles. The highest BCUT2D eigenvalue weighted by Gasteiger charge is 2.47. The van der Waals surface area contributed by atoms with Gasteiger partial charge in [0.25, 0.3) is 5.91 Å². The molecule has 3 aromatic rings. The molecule has 0 unspecified atom stereocenters. The maximum absolute atomic E-state index is 12.6. The Hall–Kier alpha value is -2.57. The van der Waals surface area contributed by atoms with Gasteiger partial charge in [-0.2, -0.15) is 0 Å². The number of amides is 1. The number of carbonyl (C=O) groups is 1. The van der Waals surface area contributed by atoms with Crippen LogP contribution in [0, 0.1) is 6.92 Å². The van der Waals surface area contributed by atoms with Crippen LogP contribution in [-0.4, -0.2) is 33.9 Å². The topological polar surface area (TPSA) is 58.1 Å². The molecule has 2 aliphatic heterocycles. The molecular weight excluding hydrogens is 368 g/mol. The highest BCUT2D eigenvalue weighted by molar-refractivity contribution is 7.17. The van der Waals surface area contributed by atoms with Crippen LogP contribution in [0.5, 0.6) is 0 Å². The van der Waals surface area contributed by atoms with Crippen molar-refractivity contribution in [2.75, 3.05) is 13.1 Å². The van der Waals surface area contributed by atoms with Crippen LogP contribution in [0.15, 0.2) is 48.5 Å². The Morgan fingerprint density at radius 3 is 2.61 bits per heavy atom. The number of fused-ring (bicyclic) bond motifs is 2. The number of pyridine rings is 1. The first-order valence-electron chi connectivity index (χ1n) is 9.67. The molecule has 28 heavy (non-hydrogen) atoms. The van der Waals surface area contributed by atoms with E-state index in [1.54, 1.807) is 0 Å². The molecule has 5 rings (SSSR count). The molecule has 6 heteroatoms. The van der Waals surface area contributed by atoms with Gasteiger partial charge in [0.2, 0.25) is 0 Å². The van der Waals surface area contributed by atoms with Crippen LogP contribution in [0.4, 0.5) is 0 Å². The second-order valence-corrected chi connectivity index (χ2v) is 8.64. The number of thiazole rings is 1. The summed E-state index contributed by atoms with van der Waals surface area (Å²) in [7, 11) is 0. The number of likely N-dealkylation sites (tertiary alicyclic amines) is 1. The third-order valence-corrected chi connectivity index (χ3v) is 6.80. The average molecular weight is 391 g/mol. The number of benzene rings is 1. The standard InChI is InChI=1S/C22H22N4OS/c1-15-6-5-9-17(23-15)14-26-12-10-22(11-13-26)19-18(20(27)25-22)28-21(24-19)16-7-3-2-4-8-16/h2-9H,10-14H2,1H3,(H,25,27). The molecule has 0 radical (unpaired) electrons. The van der Waals surface area contributed by atoms with Gasteiger partial charge in [-0.05, 0) is 31.9 Å². The fourth-order valence-corrected chi connectivity index (χ4v) is 5.27. The SMILES string of the molecule is Cc1cccc(CN2CCC3(CC2)NC(=O)c2sc(-c4ccccc4)nc23)n1. The van der Waals surface area contributed by atoms with Crippen molar-refractivity contribution in [3.05, 3.63) is 70.5 Å². The molecule has 142 valence electrons. The molecule has 2 aromatic heterocycles. The molecule has 1 fully saturated rings. The molecule has 0 atom stereocenters. The Balaban J connectivity index is 1.36. The lowest BCUT2D eigenvalue weighted by atomic mass is 9.86. The number of hydrogen-bond donors (Lipinski definition) is 1. The molecule has 1 amide bonds. The van der Waals surface area contributed by atoms with Crippen molar-refractivity contribution >= 4 is 17.2 Å². The molecule has 4 heterocycles. The Labute approximate surface area is 168 Å². The zero-order valence-electron chi connectivity index (χ0n) is 15.8. The van der Waals surface area contributed by atoms with Crippen molar-refractivity contribution in [2.45, 2.75) is 31.8 Å². The third kappa shape index (κ3) is 3.02. The van der Waals surface area contributed by atoms with Crippen LogP contribution in [-0.2, 0) is 12.1 Å². The van der Waals surface area contributed by atoms with Crippen LogP contribution in [0.3, 0.4) is 0 Å². The highest BCUT2D eigenvalue weighted by Crippen LogP contribution is 2.43. The third-order valence-electron chi connectivity index (χ3n) is 5.70. The molecule has 1 N–H and O–H groups in total.